The van der Waals surface area contributed by atoms with Gasteiger partial charge in [0.15, 0.2) is 8.32 Å². The maximum Gasteiger partial charge on any atom is 0.329 e. The van der Waals surface area contributed by atoms with Gasteiger partial charge in [-0.25, -0.2) is 14.6 Å². The van der Waals surface area contributed by atoms with E-state index in [0.717, 1.165) is 40.9 Å². The molecule has 12 heteroatoms. The van der Waals surface area contributed by atoms with Gasteiger partial charge in [0.05, 0.1) is 17.0 Å². The first-order valence-electron chi connectivity index (χ1n) is 14.2. The number of hydrogen-bond acceptors (Lipinski definition) is 9. The van der Waals surface area contributed by atoms with Crippen molar-refractivity contribution in [2.45, 2.75) is 71.1 Å². The van der Waals surface area contributed by atoms with E-state index < -0.39 is 13.7 Å². The minimum absolute atomic E-state index is 0.0567. The van der Waals surface area contributed by atoms with Crippen molar-refractivity contribution in [2.75, 3.05) is 37.0 Å². The molecule has 1 atom stereocenters. The average Bonchev–Trinajstić information content (AvgIpc) is 3.43. The lowest BCUT2D eigenvalue weighted by Gasteiger charge is -2.39. The zero-order valence-electron chi connectivity index (χ0n) is 26.0. The Bertz CT molecular complexity index is 1480. The van der Waals surface area contributed by atoms with Crippen LogP contribution in [0.2, 0.25) is 18.1 Å². The molecule has 0 fully saturated rings. The second kappa shape index (κ2) is 12.4. The summed E-state index contributed by atoms with van der Waals surface area (Å²) in [6.07, 6.45) is 3.30. The Balaban J connectivity index is 1.70. The topological polar surface area (TPSA) is 118 Å². The highest BCUT2D eigenvalue weighted by molar-refractivity contribution is 6.74. The Morgan fingerprint density at radius 3 is 2.71 bits per heavy atom. The van der Waals surface area contributed by atoms with E-state index in [1.54, 1.807) is 13.3 Å². The quantitative estimate of drug-likeness (QED) is 0.173. The number of aromatic nitrogens is 4. The number of anilines is 3. The highest BCUT2D eigenvalue weighted by Gasteiger charge is 2.44. The summed E-state index contributed by atoms with van der Waals surface area (Å²) in [6.45, 7) is 17.6. The molecule has 0 aliphatic carbocycles. The molecule has 1 aliphatic rings. The van der Waals surface area contributed by atoms with Crippen LogP contribution in [-0.4, -0.2) is 68.5 Å². The fourth-order valence-electron chi connectivity index (χ4n) is 4.93. The van der Waals surface area contributed by atoms with Gasteiger partial charge in [0, 0.05) is 62.3 Å². The summed E-state index contributed by atoms with van der Waals surface area (Å²) in [5, 5.41) is 18.1. The number of methoxy groups -OCH3 is 1. The van der Waals surface area contributed by atoms with Gasteiger partial charge in [-0.05, 0) is 55.2 Å². The molecule has 0 unspecified atom stereocenters. The Morgan fingerprint density at radius 1 is 1.29 bits per heavy atom. The lowest BCUT2D eigenvalue weighted by molar-refractivity contribution is 0.189. The van der Waals surface area contributed by atoms with Crippen LogP contribution >= 0.6 is 0 Å². The molecule has 4 rings (SSSR count). The summed E-state index contributed by atoms with van der Waals surface area (Å²) >= 11 is 0. The summed E-state index contributed by atoms with van der Waals surface area (Å²) in [7, 11) is 1.14. The van der Waals surface area contributed by atoms with Gasteiger partial charge >= 0.3 is 7.41 Å². The summed E-state index contributed by atoms with van der Waals surface area (Å²) < 4.78 is 13.8. The number of nitriles is 1. The molecule has 10 nitrogen and oxygen atoms in total. The molecule has 1 radical (unpaired) electrons. The molecule has 42 heavy (non-hydrogen) atoms. The number of nitrogens with zero attached hydrogens (tertiary/aromatic N) is 6. The Hall–Kier alpha value is -3.53. The molecule has 2 aromatic heterocycles. The lowest BCUT2D eigenvalue weighted by atomic mass is 9.83. The van der Waals surface area contributed by atoms with Gasteiger partial charge in [-0.2, -0.15) is 10.4 Å². The normalized spacial score (nSPS) is 16.7. The van der Waals surface area contributed by atoms with E-state index in [-0.39, 0.29) is 5.04 Å². The Morgan fingerprint density at radius 2 is 2.05 bits per heavy atom. The second-order valence-corrected chi connectivity index (χ2v) is 17.5. The van der Waals surface area contributed by atoms with Crippen LogP contribution in [0.4, 0.5) is 17.5 Å². The molecule has 1 aromatic carbocycles. The smallest absolute Gasteiger partial charge is 0.329 e. The molecular weight excluding hydrogens is 545 g/mol. The van der Waals surface area contributed by atoms with Crippen molar-refractivity contribution in [1.82, 2.24) is 19.7 Å². The minimum Gasteiger partial charge on any atom is -0.416 e. The Kier molecular flexibility index (Phi) is 9.25. The zero-order valence-corrected chi connectivity index (χ0v) is 27.0. The molecular formula is C30H41BN7O3Si. The van der Waals surface area contributed by atoms with Crippen LogP contribution in [0.5, 0.6) is 0 Å². The van der Waals surface area contributed by atoms with E-state index in [1.807, 2.05) is 34.6 Å². The standard InChI is InChI=1S/C30H41BN7O3Si/c1-21-14-26(38(36-21)12-9-13-40-6)35-28-33-11-10-25(34-28)22-15-23(17-32)27-24(16-22)30(5,18-37(27)31-20-39)19-41-42(7,8)29(2,3)4/h10-11,14-16,20H,9,12-13,18-19H2,1-8H3,(H,33,34,35)/t30-/m0/s1. The summed E-state index contributed by atoms with van der Waals surface area (Å²) in [5.74, 6) is 1.22. The maximum absolute atomic E-state index is 11.6. The predicted molar refractivity (Wildman–Crippen MR) is 169 cm³/mol. The average molecular weight is 587 g/mol. The van der Waals surface area contributed by atoms with E-state index in [9.17, 15) is 10.1 Å². The molecule has 1 N–H and O–H groups in total. The number of hydrogen-bond donors (Lipinski definition) is 1. The first kappa shape index (κ1) is 31.4. The van der Waals surface area contributed by atoms with Gasteiger partial charge in [-0.15, -0.1) is 0 Å². The van der Waals surface area contributed by atoms with Crippen LogP contribution in [0.1, 0.15) is 50.9 Å². The summed E-state index contributed by atoms with van der Waals surface area (Å²) in [5.41, 5.74) is 4.12. The van der Waals surface area contributed by atoms with E-state index in [4.69, 9.17) is 14.1 Å². The number of rotatable bonds is 12. The molecule has 1 aliphatic heterocycles. The van der Waals surface area contributed by atoms with Crippen molar-refractivity contribution in [3.63, 3.8) is 0 Å². The minimum atomic E-state index is -2.05. The Labute approximate surface area is 250 Å². The lowest BCUT2D eigenvalue weighted by Crippen LogP contribution is -2.46. The molecule has 3 heterocycles. The third-order valence-electron chi connectivity index (χ3n) is 8.30. The largest absolute Gasteiger partial charge is 0.416 e. The van der Waals surface area contributed by atoms with Crippen molar-refractivity contribution in [3.8, 4) is 17.3 Å². The van der Waals surface area contributed by atoms with Gasteiger partial charge in [0.2, 0.25) is 5.95 Å². The van der Waals surface area contributed by atoms with Crippen molar-refractivity contribution >= 4 is 39.4 Å². The first-order valence-corrected chi connectivity index (χ1v) is 17.1. The number of nitrogens with one attached hydrogen (secondary N) is 1. The van der Waals surface area contributed by atoms with Crippen LogP contribution in [-0.2, 0) is 25.9 Å². The SMILES string of the molecule is COCCCn1nc(C)cc1Nc1nccc(-c2cc(C#N)c3c(c2)[C@](C)(CO[Si](C)(C)C(C)(C)C)CN3[B]C=O)n1. The first-order chi connectivity index (χ1) is 19.8. The molecule has 3 aromatic rings. The molecule has 0 bridgehead atoms. The number of aryl methyl sites for hydroxylation is 2. The van der Waals surface area contributed by atoms with Gasteiger partial charge in [-0.1, -0.05) is 27.7 Å². The number of carbonyl (C=O) groups is 1. The summed E-state index contributed by atoms with van der Waals surface area (Å²) in [6, 6.07) is 10.1. The maximum atomic E-state index is 11.6. The van der Waals surface area contributed by atoms with Gasteiger partial charge < -0.3 is 24.1 Å². The fourth-order valence-corrected chi connectivity index (χ4v) is 6.04. The van der Waals surface area contributed by atoms with Gasteiger partial charge in [-0.3, -0.25) is 0 Å². The molecule has 0 saturated heterocycles. The number of ether oxygens (including phenoxy) is 1. The van der Waals surface area contributed by atoms with Crippen LogP contribution in [0.25, 0.3) is 11.3 Å². The van der Waals surface area contributed by atoms with E-state index in [1.165, 1.54) is 7.41 Å². The number of benzene rings is 1. The van der Waals surface area contributed by atoms with E-state index in [2.05, 4.69) is 68.3 Å². The van der Waals surface area contributed by atoms with E-state index >= 15 is 0 Å². The molecule has 0 amide bonds. The highest BCUT2D eigenvalue weighted by atomic mass is 28.4. The van der Waals surface area contributed by atoms with Crippen LogP contribution < -0.4 is 10.1 Å². The van der Waals surface area contributed by atoms with Crippen molar-refractivity contribution in [1.29, 1.82) is 5.26 Å². The summed E-state index contributed by atoms with van der Waals surface area (Å²) in [4.78, 5) is 22.7. The van der Waals surface area contributed by atoms with Crippen molar-refractivity contribution in [3.05, 3.63) is 47.3 Å². The highest BCUT2D eigenvalue weighted by Crippen LogP contribution is 2.46. The predicted octanol–water partition coefficient (Wildman–Crippen LogP) is 5.21. The van der Waals surface area contributed by atoms with Crippen LogP contribution in [0.15, 0.2) is 30.5 Å². The number of carbonyl (C=O) groups excluding carboxylic acids is 1. The van der Waals surface area contributed by atoms with Crippen LogP contribution in [0.3, 0.4) is 0 Å². The second-order valence-electron chi connectivity index (χ2n) is 12.7. The van der Waals surface area contributed by atoms with Crippen LogP contribution in [0, 0.1) is 18.3 Å². The molecule has 221 valence electrons. The zero-order chi connectivity index (χ0) is 30.7. The van der Waals surface area contributed by atoms with Gasteiger partial charge in [0.1, 0.15) is 18.1 Å². The molecule has 0 saturated carbocycles. The number of fused-ring (bicyclic) bond motifs is 1. The molecule has 0 spiro atoms. The monoisotopic (exact) mass is 586 g/mol. The third-order valence-corrected chi connectivity index (χ3v) is 12.8. The van der Waals surface area contributed by atoms with Gasteiger partial charge in [0.25, 0.3) is 0 Å². The van der Waals surface area contributed by atoms with Crippen molar-refractivity contribution < 1.29 is 14.0 Å². The fraction of sp³-hybridized carbons (Fsp3) is 0.500. The van der Waals surface area contributed by atoms with Crippen molar-refractivity contribution in [2.24, 2.45) is 0 Å². The third kappa shape index (κ3) is 6.59. The van der Waals surface area contributed by atoms with E-state index in [0.29, 0.717) is 43.5 Å².